The van der Waals surface area contributed by atoms with Crippen LogP contribution in [0.3, 0.4) is 0 Å². The van der Waals surface area contributed by atoms with E-state index in [-0.39, 0.29) is 11.3 Å². The standard InChI is InChI=1S/C21H35N3O4/c1-4-16(5-2)19(25)24-11-8-21(9-12-24,10-15-26-3)20-22-18(28-23-20)17-6-13-27-14-7-17/h16-17H,4-15H2,1-3H3. The molecule has 0 aromatic carbocycles. The lowest BCUT2D eigenvalue weighted by Gasteiger charge is -2.40. The predicted octanol–water partition coefficient (Wildman–Crippen LogP) is 3.30. The molecule has 7 heteroatoms. The summed E-state index contributed by atoms with van der Waals surface area (Å²) in [6, 6.07) is 0. The van der Waals surface area contributed by atoms with Gasteiger partial charge in [0.2, 0.25) is 11.8 Å². The zero-order chi connectivity index (χ0) is 20.0. The van der Waals surface area contributed by atoms with E-state index in [1.165, 1.54) is 0 Å². The van der Waals surface area contributed by atoms with Crippen molar-refractivity contribution in [3.05, 3.63) is 11.7 Å². The molecular formula is C21H35N3O4. The fourth-order valence-corrected chi connectivity index (χ4v) is 4.50. The minimum atomic E-state index is -0.173. The van der Waals surface area contributed by atoms with Crippen LogP contribution in [0.25, 0.3) is 0 Å². The van der Waals surface area contributed by atoms with E-state index in [9.17, 15) is 4.79 Å². The molecule has 0 atom stereocenters. The Bertz CT molecular complexity index is 615. The Labute approximate surface area is 168 Å². The van der Waals surface area contributed by atoms with Crippen molar-refractivity contribution >= 4 is 5.91 Å². The third-order valence-corrected chi connectivity index (χ3v) is 6.64. The fraction of sp³-hybridized carbons (Fsp3) is 0.857. The number of nitrogens with zero attached hydrogens (tertiary/aromatic N) is 3. The molecule has 7 nitrogen and oxygen atoms in total. The van der Waals surface area contributed by atoms with Crippen LogP contribution in [0, 0.1) is 5.92 Å². The van der Waals surface area contributed by atoms with E-state index in [0.717, 1.165) is 83.0 Å². The van der Waals surface area contributed by atoms with Crippen molar-refractivity contribution in [2.45, 2.75) is 70.1 Å². The van der Waals surface area contributed by atoms with Gasteiger partial charge in [-0.25, -0.2) is 0 Å². The summed E-state index contributed by atoms with van der Waals surface area (Å²) in [6.07, 6.45) is 6.24. The third-order valence-electron chi connectivity index (χ3n) is 6.64. The first kappa shape index (κ1) is 21.2. The lowest BCUT2D eigenvalue weighted by molar-refractivity contribution is -0.137. The second kappa shape index (κ2) is 9.83. The molecule has 0 unspecified atom stereocenters. The Kier molecular flexibility index (Phi) is 7.46. The van der Waals surface area contributed by atoms with Crippen LogP contribution in [-0.4, -0.2) is 61.0 Å². The Hall–Kier alpha value is -1.47. The average Bonchev–Trinajstić information content (AvgIpc) is 3.25. The molecule has 3 rings (SSSR count). The zero-order valence-corrected chi connectivity index (χ0v) is 17.6. The largest absolute Gasteiger partial charge is 0.385 e. The zero-order valence-electron chi connectivity index (χ0n) is 17.6. The smallest absolute Gasteiger partial charge is 0.229 e. The van der Waals surface area contributed by atoms with Crippen LogP contribution in [0.5, 0.6) is 0 Å². The molecule has 0 aliphatic carbocycles. The van der Waals surface area contributed by atoms with Gasteiger partial charge in [-0.2, -0.15) is 4.98 Å². The van der Waals surface area contributed by atoms with Crippen molar-refractivity contribution in [1.29, 1.82) is 0 Å². The molecule has 1 amide bonds. The van der Waals surface area contributed by atoms with E-state index < -0.39 is 0 Å². The molecule has 0 saturated carbocycles. The summed E-state index contributed by atoms with van der Waals surface area (Å²) in [7, 11) is 1.73. The van der Waals surface area contributed by atoms with Gasteiger partial charge in [-0.15, -0.1) is 0 Å². The van der Waals surface area contributed by atoms with Crippen molar-refractivity contribution in [2.75, 3.05) is 40.0 Å². The molecule has 2 aliphatic heterocycles. The second-order valence-corrected chi connectivity index (χ2v) is 8.20. The summed E-state index contributed by atoms with van der Waals surface area (Å²) in [4.78, 5) is 19.6. The van der Waals surface area contributed by atoms with E-state index >= 15 is 0 Å². The molecule has 2 saturated heterocycles. The number of rotatable bonds is 8. The van der Waals surface area contributed by atoms with E-state index in [2.05, 4.69) is 19.0 Å². The number of carbonyl (C=O) groups excluding carboxylic acids is 1. The minimum absolute atomic E-state index is 0.136. The van der Waals surface area contributed by atoms with E-state index in [4.69, 9.17) is 19.0 Å². The molecule has 2 aliphatic rings. The van der Waals surface area contributed by atoms with E-state index in [1.807, 2.05) is 4.90 Å². The molecule has 3 heterocycles. The highest BCUT2D eigenvalue weighted by atomic mass is 16.5. The van der Waals surface area contributed by atoms with Crippen LogP contribution in [-0.2, 0) is 19.7 Å². The molecule has 1 aromatic rings. The number of piperidine rings is 1. The van der Waals surface area contributed by atoms with Crippen LogP contribution in [0.1, 0.15) is 76.4 Å². The van der Waals surface area contributed by atoms with Gasteiger partial charge < -0.3 is 18.9 Å². The molecule has 0 bridgehead atoms. The summed E-state index contributed by atoms with van der Waals surface area (Å²) >= 11 is 0. The second-order valence-electron chi connectivity index (χ2n) is 8.20. The predicted molar refractivity (Wildman–Crippen MR) is 105 cm³/mol. The first-order chi connectivity index (χ1) is 13.6. The number of amides is 1. The maximum absolute atomic E-state index is 12.8. The maximum atomic E-state index is 12.8. The van der Waals surface area contributed by atoms with Gasteiger partial charge in [0.05, 0.1) is 0 Å². The normalized spacial score (nSPS) is 20.6. The fourth-order valence-electron chi connectivity index (χ4n) is 4.50. The van der Waals surface area contributed by atoms with Gasteiger partial charge in [0.1, 0.15) is 0 Å². The van der Waals surface area contributed by atoms with E-state index in [0.29, 0.717) is 18.4 Å². The quantitative estimate of drug-likeness (QED) is 0.674. The molecule has 0 radical (unpaired) electrons. The van der Waals surface area contributed by atoms with Gasteiger partial charge in [0, 0.05) is 57.3 Å². The summed E-state index contributed by atoms with van der Waals surface area (Å²) in [5.74, 6) is 2.26. The van der Waals surface area contributed by atoms with Gasteiger partial charge in [0.15, 0.2) is 5.82 Å². The molecule has 0 N–H and O–H groups in total. The van der Waals surface area contributed by atoms with Gasteiger partial charge in [0.25, 0.3) is 0 Å². The third kappa shape index (κ3) is 4.57. The molecule has 2 fully saturated rings. The average molecular weight is 394 g/mol. The van der Waals surface area contributed by atoms with Gasteiger partial charge in [-0.3, -0.25) is 4.79 Å². The lowest BCUT2D eigenvalue weighted by atomic mass is 9.75. The molecule has 158 valence electrons. The Morgan fingerprint density at radius 1 is 1.25 bits per heavy atom. The SMILES string of the molecule is CCC(CC)C(=O)N1CCC(CCOC)(c2noc(C3CCOCC3)n2)CC1. The van der Waals surface area contributed by atoms with Gasteiger partial charge in [-0.05, 0) is 44.9 Å². The molecule has 0 spiro atoms. The summed E-state index contributed by atoms with van der Waals surface area (Å²) < 4.78 is 16.5. The highest BCUT2D eigenvalue weighted by Crippen LogP contribution is 2.39. The minimum Gasteiger partial charge on any atom is -0.385 e. The highest BCUT2D eigenvalue weighted by molar-refractivity contribution is 5.78. The number of hydrogen-bond acceptors (Lipinski definition) is 6. The van der Waals surface area contributed by atoms with Crippen molar-refractivity contribution in [3.8, 4) is 0 Å². The number of ether oxygens (including phenoxy) is 2. The summed E-state index contributed by atoms with van der Waals surface area (Å²) in [5, 5.41) is 4.39. The maximum Gasteiger partial charge on any atom is 0.229 e. The van der Waals surface area contributed by atoms with Crippen LogP contribution in [0.2, 0.25) is 0 Å². The topological polar surface area (TPSA) is 77.7 Å². The van der Waals surface area contributed by atoms with E-state index in [1.54, 1.807) is 7.11 Å². The number of likely N-dealkylation sites (tertiary alicyclic amines) is 1. The molecule has 1 aromatic heterocycles. The van der Waals surface area contributed by atoms with Crippen molar-refractivity contribution in [1.82, 2.24) is 15.0 Å². The number of hydrogen-bond donors (Lipinski definition) is 0. The van der Waals surface area contributed by atoms with Crippen LogP contribution in [0.4, 0.5) is 0 Å². The van der Waals surface area contributed by atoms with Crippen molar-refractivity contribution in [3.63, 3.8) is 0 Å². The lowest BCUT2D eigenvalue weighted by Crippen LogP contribution is -2.47. The molecule has 28 heavy (non-hydrogen) atoms. The molecular weight excluding hydrogens is 358 g/mol. The Balaban J connectivity index is 1.72. The Morgan fingerprint density at radius 2 is 1.93 bits per heavy atom. The van der Waals surface area contributed by atoms with Gasteiger partial charge >= 0.3 is 0 Å². The first-order valence-electron chi connectivity index (χ1n) is 10.8. The summed E-state index contributed by atoms with van der Waals surface area (Å²) in [5.41, 5.74) is -0.173. The Morgan fingerprint density at radius 3 is 2.54 bits per heavy atom. The van der Waals surface area contributed by atoms with Gasteiger partial charge in [-0.1, -0.05) is 19.0 Å². The highest BCUT2D eigenvalue weighted by Gasteiger charge is 2.42. The van der Waals surface area contributed by atoms with Crippen LogP contribution in [0.15, 0.2) is 4.52 Å². The monoisotopic (exact) mass is 393 g/mol. The van der Waals surface area contributed by atoms with Crippen LogP contribution >= 0.6 is 0 Å². The number of carbonyl (C=O) groups is 1. The first-order valence-corrected chi connectivity index (χ1v) is 10.8. The number of aromatic nitrogens is 2. The van der Waals surface area contributed by atoms with Crippen molar-refractivity contribution < 1.29 is 18.8 Å². The van der Waals surface area contributed by atoms with Crippen molar-refractivity contribution in [2.24, 2.45) is 5.92 Å². The number of methoxy groups -OCH3 is 1. The van der Waals surface area contributed by atoms with Crippen LogP contribution < -0.4 is 0 Å². The summed E-state index contributed by atoms with van der Waals surface area (Å²) in [6.45, 7) is 7.85.